The molecule has 4 saturated carbocycles. The smallest absolute Gasteiger partial charge is 0 e. The molecule has 0 atom stereocenters. The van der Waals surface area contributed by atoms with Gasteiger partial charge in [-0.3, -0.25) is 13.6 Å². The summed E-state index contributed by atoms with van der Waals surface area (Å²) in [5.41, 5.74) is 6.32. The molecule has 4 fully saturated rings. The van der Waals surface area contributed by atoms with Gasteiger partial charge in [-0.2, -0.15) is 13.8 Å². The molecule has 31 heavy (non-hydrogen) atoms. The Hall–Kier alpha value is 1.96. The van der Waals surface area contributed by atoms with Gasteiger partial charge in [0, 0.05) is 32.7 Å². The van der Waals surface area contributed by atoms with Crippen LogP contribution in [0.5, 0.6) is 0 Å². The molecule has 3 heteroatoms. The van der Waals surface area contributed by atoms with Gasteiger partial charge in [0.15, 0.2) is 0 Å². The van der Waals surface area contributed by atoms with Gasteiger partial charge in [-0.05, 0) is 74.0 Å². The molecule has 0 aromatic heterocycles. The second-order valence-corrected chi connectivity index (χ2v) is 15.9. The first-order valence-corrected chi connectivity index (χ1v) is 16.2. The van der Waals surface area contributed by atoms with Gasteiger partial charge in [-0.15, -0.1) is 8.58 Å². The Kier molecular flexibility index (Phi) is 18.3. The largest absolute Gasteiger partial charge is 0.358 e. The first-order valence-electron chi connectivity index (χ1n) is 13.6. The third-order valence-electron chi connectivity index (χ3n) is 8.13. The first kappa shape index (κ1) is 31.0. The SMILES string of the molecule is C1CCC(PC2CCCCC2)CC1.C[C-](C)P(C1CCCCC1)C1CCCCC1.[CH3-].[Y]. The summed E-state index contributed by atoms with van der Waals surface area (Å²) in [6.07, 6.45) is 30.7. The summed E-state index contributed by atoms with van der Waals surface area (Å²) in [5.74, 6) is 0. The van der Waals surface area contributed by atoms with Crippen molar-refractivity contribution in [1.82, 2.24) is 0 Å². The van der Waals surface area contributed by atoms with E-state index in [4.69, 9.17) is 0 Å². The molecule has 1 radical (unpaired) electrons. The van der Waals surface area contributed by atoms with Crippen molar-refractivity contribution in [3.8, 4) is 0 Å². The quantitative estimate of drug-likeness (QED) is 0.240. The molecule has 0 aromatic rings. The predicted octanol–water partition coefficient (Wildman–Crippen LogP) is 10.5. The third-order valence-corrected chi connectivity index (χ3v) is 13.9. The van der Waals surface area contributed by atoms with Gasteiger partial charge in [-0.1, -0.05) is 77.0 Å². The maximum absolute atomic E-state index is 2.43. The second kappa shape index (κ2) is 18.3. The molecule has 0 bridgehead atoms. The van der Waals surface area contributed by atoms with Crippen LogP contribution in [-0.4, -0.2) is 22.6 Å². The summed E-state index contributed by atoms with van der Waals surface area (Å²) < 4.78 is 0. The van der Waals surface area contributed by atoms with E-state index < -0.39 is 0 Å². The zero-order valence-corrected chi connectivity index (χ0v) is 26.2. The van der Waals surface area contributed by atoms with Crippen molar-refractivity contribution in [2.75, 3.05) is 0 Å². The maximum Gasteiger partial charge on any atom is 0 e. The van der Waals surface area contributed by atoms with Crippen molar-refractivity contribution in [2.45, 2.75) is 165 Å². The van der Waals surface area contributed by atoms with Crippen LogP contribution >= 0.6 is 16.5 Å². The molecule has 4 aliphatic carbocycles. The molecule has 4 rings (SSSR count). The van der Waals surface area contributed by atoms with E-state index >= 15 is 0 Å². The van der Waals surface area contributed by atoms with Gasteiger partial charge in [0.05, 0.1) is 0 Å². The van der Waals surface area contributed by atoms with Gasteiger partial charge >= 0.3 is 0 Å². The van der Waals surface area contributed by atoms with Crippen LogP contribution in [0.4, 0.5) is 0 Å². The van der Waals surface area contributed by atoms with Gasteiger partial charge in [0.2, 0.25) is 0 Å². The molecule has 0 unspecified atom stereocenters. The molecule has 0 heterocycles. The van der Waals surface area contributed by atoms with Crippen LogP contribution in [0.2, 0.25) is 0 Å². The molecule has 0 spiro atoms. The average Bonchev–Trinajstić information content (AvgIpc) is 2.77. The van der Waals surface area contributed by atoms with Crippen LogP contribution in [0.1, 0.15) is 142 Å². The van der Waals surface area contributed by atoms with E-state index in [1.165, 1.54) is 85.6 Å². The Labute approximate surface area is 225 Å². The van der Waals surface area contributed by atoms with E-state index in [2.05, 4.69) is 13.8 Å². The number of rotatable bonds is 5. The molecular weight excluding hydrogens is 487 g/mol. The van der Waals surface area contributed by atoms with E-state index in [1.807, 2.05) is 0 Å². The van der Waals surface area contributed by atoms with Crippen molar-refractivity contribution in [1.29, 1.82) is 0 Å². The summed E-state index contributed by atoms with van der Waals surface area (Å²) in [4.78, 5) is 0. The van der Waals surface area contributed by atoms with Gasteiger partial charge in [0.1, 0.15) is 0 Å². The van der Waals surface area contributed by atoms with Crippen LogP contribution < -0.4 is 0 Å². The van der Waals surface area contributed by atoms with Crippen molar-refractivity contribution < 1.29 is 32.7 Å². The van der Waals surface area contributed by atoms with E-state index in [9.17, 15) is 0 Å². The molecule has 0 aromatic carbocycles. The Morgan fingerprint density at radius 1 is 0.516 bits per heavy atom. The first-order chi connectivity index (χ1) is 14.2. The minimum Gasteiger partial charge on any atom is -0.358 e. The van der Waals surface area contributed by atoms with E-state index in [1.54, 1.807) is 57.0 Å². The average molecular weight is 542 g/mol. The van der Waals surface area contributed by atoms with Crippen molar-refractivity contribution in [3.05, 3.63) is 13.1 Å². The van der Waals surface area contributed by atoms with Gasteiger partial charge < -0.3 is 7.43 Å². The Morgan fingerprint density at radius 3 is 1.10 bits per heavy atom. The fraction of sp³-hybridized carbons (Fsp3) is 0.929. The minimum absolute atomic E-state index is 0. The van der Waals surface area contributed by atoms with Crippen molar-refractivity contribution >= 4 is 16.5 Å². The normalized spacial score (nSPS) is 24.8. The number of hydrogen-bond acceptors (Lipinski definition) is 0. The van der Waals surface area contributed by atoms with Crippen molar-refractivity contribution in [3.63, 3.8) is 0 Å². The van der Waals surface area contributed by atoms with Gasteiger partial charge in [0.25, 0.3) is 0 Å². The minimum atomic E-state index is 0. The van der Waals surface area contributed by atoms with Crippen molar-refractivity contribution in [2.24, 2.45) is 0 Å². The second-order valence-electron chi connectivity index (χ2n) is 10.8. The molecule has 0 aliphatic heterocycles. The molecular formula is C28H54P2Y-2. The molecule has 0 N–H and O–H groups in total. The molecule has 181 valence electrons. The zero-order chi connectivity index (χ0) is 20.3. The van der Waals surface area contributed by atoms with Crippen LogP contribution in [0, 0.1) is 13.1 Å². The van der Waals surface area contributed by atoms with E-state index in [0.717, 1.165) is 22.6 Å². The fourth-order valence-electron chi connectivity index (χ4n) is 6.62. The monoisotopic (exact) mass is 541 g/mol. The fourth-order valence-corrected chi connectivity index (χ4v) is 12.7. The zero-order valence-electron chi connectivity index (χ0n) is 21.5. The summed E-state index contributed by atoms with van der Waals surface area (Å²) >= 11 is 0. The molecule has 0 amide bonds. The van der Waals surface area contributed by atoms with Crippen LogP contribution in [0.15, 0.2) is 0 Å². The van der Waals surface area contributed by atoms with Crippen LogP contribution in [0.3, 0.4) is 0 Å². The standard InChI is InChI=1S/C15H28P.C12H23P.CH3.Y/c1-13(2)16(14-9-5-3-6-10-14)15-11-7-4-8-12-15;1-3-7-11(8-4-1)13-12-9-5-2-6-10-12;;/h14-15H,3-12H2,1-2H3;11-13H,1-10H2;1H3;/q-1;;-1;. The summed E-state index contributed by atoms with van der Waals surface area (Å²) in [6, 6.07) is 0. The van der Waals surface area contributed by atoms with Gasteiger partial charge in [-0.25, -0.2) is 0 Å². The molecule has 0 saturated heterocycles. The maximum atomic E-state index is 2.43. The van der Waals surface area contributed by atoms with Crippen LogP contribution in [0.25, 0.3) is 0 Å². The molecule has 4 aliphatic rings. The van der Waals surface area contributed by atoms with E-state index in [-0.39, 0.29) is 48.1 Å². The summed E-state index contributed by atoms with van der Waals surface area (Å²) in [6.45, 7) is 4.85. The summed E-state index contributed by atoms with van der Waals surface area (Å²) in [7, 11) is 1.59. The topological polar surface area (TPSA) is 0 Å². The Balaban J connectivity index is 0.000000296. The third kappa shape index (κ3) is 11.5. The molecule has 0 nitrogen and oxygen atoms in total. The predicted molar refractivity (Wildman–Crippen MR) is 144 cm³/mol. The Morgan fingerprint density at radius 2 is 0.806 bits per heavy atom. The summed E-state index contributed by atoms with van der Waals surface area (Å²) in [5, 5.41) is 0. The number of hydrogen-bond donors (Lipinski definition) is 0. The van der Waals surface area contributed by atoms with E-state index in [0.29, 0.717) is 0 Å². The Bertz CT molecular complexity index is 369. The van der Waals surface area contributed by atoms with Crippen LogP contribution in [-0.2, 0) is 32.7 Å².